The van der Waals surface area contributed by atoms with Crippen molar-refractivity contribution in [3.05, 3.63) is 46.1 Å². The molecular formula is C13H11N5O2. The van der Waals surface area contributed by atoms with Gasteiger partial charge in [0.15, 0.2) is 5.82 Å². The van der Waals surface area contributed by atoms with Gasteiger partial charge in [-0.15, -0.1) is 0 Å². The van der Waals surface area contributed by atoms with Crippen molar-refractivity contribution >= 4 is 11.7 Å². The predicted molar refractivity (Wildman–Crippen MR) is 70.3 cm³/mol. The summed E-state index contributed by atoms with van der Waals surface area (Å²) in [6, 6.07) is 8.98. The Bertz CT molecular complexity index is 779. The van der Waals surface area contributed by atoms with Crippen molar-refractivity contribution in [1.29, 1.82) is 5.26 Å². The molecule has 0 saturated carbocycles. The zero-order valence-corrected chi connectivity index (χ0v) is 10.8. The summed E-state index contributed by atoms with van der Waals surface area (Å²) in [4.78, 5) is 29.3. The fraction of sp³-hybridized carbons (Fsp3) is 0.231. The van der Waals surface area contributed by atoms with Gasteiger partial charge < -0.3 is 0 Å². The molecule has 7 heteroatoms. The van der Waals surface area contributed by atoms with Gasteiger partial charge in [0.25, 0.3) is 0 Å². The largest absolute Gasteiger partial charge is 0.365 e. The van der Waals surface area contributed by atoms with Crippen LogP contribution in [0.3, 0.4) is 0 Å². The van der Waals surface area contributed by atoms with E-state index < -0.39 is 5.69 Å². The predicted octanol–water partition coefficient (Wildman–Crippen LogP) is 0.865. The lowest BCUT2D eigenvalue weighted by Gasteiger charge is -2.15. The lowest BCUT2D eigenvalue weighted by molar-refractivity contribution is 0.245. The average Bonchev–Trinajstić information content (AvgIpc) is 2.89. The second kappa shape index (κ2) is 4.35. The molecule has 3 rings (SSSR count). The molecule has 100 valence electrons. The minimum Gasteiger partial charge on any atom is -0.285 e. The molecule has 2 heterocycles. The van der Waals surface area contributed by atoms with Crippen LogP contribution in [0.4, 0.5) is 10.5 Å². The third-order valence-corrected chi connectivity index (χ3v) is 3.21. The Hall–Kier alpha value is -2.88. The molecule has 1 amide bonds. The lowest BCUT2D eigenvalue weighted by Crippen LogP contribution is -2.33. The van der Waals surface area contributed by atoms with Gasteiger partial charge in [0, 0.05) is 5.69 Å². The fourth-order valence-corrected chi connectivity index (χ4v) is 2.21. The van der Waals surface area contributed by atoms with Crippen molar-refractivity contribution in [1.82, 2.24) is 14.3 Å². The van der Waals surface area contributed by atoms with Crippen LogP contribution >= 0.6 is 0 Å². The van der Waals surface area contributed by atoms with E-state index in [2.05, 4.69) is 4.98 Å². The Morgan fingerprint density at radius 3 is 2.65 bits per heavy atom. The number of carbonyl (C=O) groups excluding carboxylic acids is 1. The normalized spacial score (nSPS) is 13.4. The molecule has 2 aromatic rings. The summed E-state index contributed by atoms with van der Waals surface area (Å²) in [6.07, 6.45) is 0. The van der Waals surface area contributed by atoms with Gasteiger partial charge in [0.2, 0.25) is 0 Å². The summed E-state index contributed by atoms with van der Waals surface area (Å²) in [7, 11) is 0. The first kappa shape index (κ1) is 12.2. The first-order valence-corrected chi connectivity index (χ1v) is 6.06. The van der Waals surface area contributed by atoms with Crippen LogP contribution in [0.25, 0.3) is 0 Å². The molecule has 0 fully saturated rings. The van der Waals surface area contributed by atoms with E-state index in [1.807, 2.05) is 37.3 Å². The third kappa shape index (κ3) is 1.70. The molecule has 1 aromatic heterocycles. The second-order valence-corrected chi connectivity index (χ2v) is 4.54. The van der Waals surface area contributed by atoms with Gasteiger partial charge in [-0.2, -0.15) is 14.9 Å². The topological polar surface area (TPSA) is 83.9 Å². The summed E-state index contributed by atoms with van der Waals surface area (Å²) in [5, 5.41) is 8.72. The van der Waals surface area contributed by atoms with Crippen molar-refractivity contribution in [2.75, 3.05) is 4.90 Å². The Morgan fingerprint density at radius 2 is 2.00 bits per heavy atom. The number of hydrogen-bond donors (Lipinski definition) is 0. The van der Waals surface area contributed by atoms with E-state index in [1.165, 1.54) is 9.58 Å². The maximum atomic E-state index is 12.4. The van der Waals surface area contributed by atoms with Crippen LogP contribution in [-0.4, -0.2) is 20.4 Å². The summed E-state index contributed by atoms with van der Waals surface area (Å²) in [6.45, 7) is 2.00. The maximum Gasteiger partial charge on any atom is 0.365 e. The number of aryl methyl sites for hydroxylation is 1. The highest BCUT2D eigenvalue weighted by Gasteiger charge is 2.33. The van der Waals surface area contributed by atoms with Gasteiger partial charge in [-0.05, 0) is 19.1 Å². The zero-order chi connectivity index (χ0) is 14.3. The average molecular weight is 269 g/mol. The molecule has 0 unspecified atom stereocenters. The van der Waals surface area contributed by atoms with E-state index in [0.717, 1.165) is 15.9 Å². The fourth-order valence-electron chi connectivity index (χ4n) is 2.21. The molecule has 0 bridgehead atoms. The minimum absolute atomic E-state index is 0.195. The number of nitrogens with zero attached hydrogens (tertiary/aromatic N) is 5. The second-order valence-electron chi connectivity index (χ2n) is 4.54. The zero-order valence-electron chi connectivity index (χ0n) is 10.8. The van der Waals surface area contributed by atoms with Crippen LogP contribution < -0.4 is 10.6 Å². The quantitative estimate of drug-likeness (QED) is 0.809. The number of fused-ring (bicyclic) bond motifs is 1. The SMILES string of the molecule is Cc1ccc(N2Cc3nc(=O)n(CC#N)n3C2=O)cc1. The van der Waals surface area contributed by atoms with Crippen molar-refractivity contribution in [3.8, 4) is 6.07 Å². The summed E-state index contributed by atoms with van der Waals surface area (Å²) >= 11 is 0. The molecule has 0 saturated heterocycles. The number of aromatic nitrogens is 3. The highest BCUT2D eigenvalue weighted by atomic mass is 16.2. The molecule has 0 aliphatic carbocycles. The summed E-state index contributed by atoms with van der Waals surface area (Å²) in [5.41, 5.74) is 1.26. The number of anilines is 1. The molecule has 0 radical (unpaired) electrons. The van der Waals surface area contributed by atoms with E-state index in [-0.39, 0.29) is 19.1 Å². The monoisotopic (exact) mass is 269 g/mol. The van der Waals surface area contributed by atoms with Crippen LogP contribution in [0, 0.1) is 18.3 Å². The molecular weight excluding hydrogens is 258 g/mol. The van der Waals surface area contributed by atoms with Crippen LogP contribution in [0.2, 0.25) is 0 Å². The molecule has 7 nitrogen and oxygen atoms in total. The molecule has 1 aliphatic rings. The van der Waals surface area contributed by atoms with Crippen LogP contribution in [0.15, 0.2) is 29.1 Å². The van der Waals surface area contributed by atoms with Crippen LogP contribution in [0.5, 0.6) is 0 Å². The van der Waals surface area contributed by atoms with Crippen LogP contribution in [0.1, 0.15) is 11.4 Å². The van der Waals surface area contributed by atoms with Gasteiger partial charge in [-0.1, -0.05) is 17.7 Å². The Morgan fingerprint density at radius 1 is 1.30 bits per heavy atom. The molecule has 20 heavy (non-hydrogen) atoms. The van der Waals surface area contributed by atoms with Gasteiger partial charge >= 0.3 is 11.7 Å². The van der Waals surface area contributed by atoms with E-state index in [1.54, 1.807) is 0 Å². The van der Waals surface area contributed by atoms with Gasteiger partial charge in [0.1, 0.15) is 6.54 Å². The van der Waals surface area contributed by atoms with E-state index in [9.17, 15) is 9.59 Å². The smallest absolute Gasteiger partial charge is 0.285 e. The van der Waals surface area contributed by atoms with E-state index in [4.69, 9.17) is 5.26 Å². The molecule has 0 N–H and O–H groups in total. The highest BCUT2D eigenvalue weighted by molar-refractivity contribution is 5.95. The molecule has 0 spiro atoms. The first-order valence-electron chi connectivity index (χ1n) is 6.06. The number of carbonyl (C=O) groups is 1. The van der Waals surface area contributed by atoms with Crippen molar-refractivity contribution < 1.29 is 4.79 Å². The molecule has 1 aromatic carbocycles. The summed E-state index contributed by atoms with van der Waals surface area (Å²) < 4.78 is 2.22. The number of nitriles is 1. The maximum absolute atomic E-state index is 12.4. The summed E-state index contributed by atoms with van der Waals surface area (Å²) in [5.74, 6) is 0.357. The first-order chi connectivity index (χ1) is 9.61. The van der Waals surface area contributed by atoms with Crippen molar-refractivity contribution in [3.63, 3.8) is 0 Å². The molecule has 1 aliphatic heterocycles. The Labute approximate surface area is 114 Å². The standard InChI is InChI=1S/C13H11N5O2/c1-9-2-4-10(5-3-9)16-8-11-15-12(19)17(7-6-14)18(11)13(16)20/h2-5H,7-8H2,1H3. The van der Waals surface area contributed by atoms with Gasteiger partial charge in [-0.3, -0.25) is 4.90 Å². The molecule has 0 atom stereocenters. The Kier molecular flexibility index (Phi) is 2.64. The number of rotatable bonds is 2. The number of hydrogen-bond acceptors (Lipinski definition) is 4. The van der Waals surface area contributed by atoms with Crippen LogP contribution in [-0.2, 0) is 13.1 Å². The van der Waals surface area contributed by atoms with E-state index in [0.29, 0.717) is 5.82 Å². The number of benzene rings is 1. The Balaban J connectivity index is 2.02. The van der Waals surface area contributed by atoms with Gasteiger partial charge in [-0.25, -0.2) is 14.3 Å². The highest BCUT2D eigenvalue weighted by Crippen LogP contribution is 2.22. The number of amides is 1. The lowest BCUT2D eigenvalue weighted by atomic mass is 10.2. The van der Waals surface area contributed by atoms with E-state index >= 15 is 0 Å². The van der Waals surface area contributed by atoms with Crippen molar-refractivity contribution in [2.45, 2.75) is 20.0 Å². The van der Waals surface area contributed by atoms with Gasteiger partial charge in [0.05, 0.1) is 12.6 Å². The third-order valence-electron chi connectivity index (χ3n) is 3.21. The van der Waals surface area contributed by atoms with Crippen molar-refractivity contribution in [2.24, 2.45) is 0 Å². The minimum atomic E-state index is -0.571.